The van der Waals surface area contributed by atoms with E-state index in [1.807, 2.05) is 12.3 Å². The standard InChI is InChI=1S/C18H23N3/c1-2-14-11-20-17(13-8-9-13)12-21(14)18-7-3-6-16-15(18)5-4-10-19-16/h3-7,10,13-14,17,20H,2,8-9,11-12H2,1H3. The number of anilines is 1. The second-order valence-corrected chi connectivity index (χ2v) is 6.41. The van der Waals surface area contributed by atoms with Crippen molar-refractivity contribution in [1.82, 2.24) is 10.3 Å². The van der Waals surface area contributed by atoms with Crippen molar-refractivity contribution >= 4 is 16.6 Å². The molecule has 0 spiro atoms. The van der Waals surface area contributed by atoms with Crippen molar-refractivity contribution in [3.8, 4) is 0 Å². The van der Waals surface area contributed by atoms with Crippen molar-refractivity contribution in [3.05, 3.63) is 36.5 Å². The van der Waals surface area contributed by atoms with Crippen molar-refractivity contribution < 1.29 is 0 Å². The van der Waals surface area contributed by atoms with Gasteiger partial charge in [0.1, 0.15) is 0 Å². The average molecular weight is 281 g/mol. The van der Waals surface area contributed by atoms with Crippen LogP contribution in [0.4, 0.5) is 5.69 Å². The van der Waals surface area contributed by atoms with Gasteiger partial charge in [-0.05, 0) is 49.4 Å². The molecule has 0 radical (unpaired) electrons. The van der Waals surface area contributed by atoms with E-state index in [2.05, 4.69) is 46.4 Å². The lowest BCUT2D eigenvalue weighted by atomic mass is 10.0. The molecule has 21 heavy (non-hydrogen) atoms. The molecule has 2 fully saturated rings. The number of hydrogen-bond donors (Lipinski definition) is 1. The zero-order chi connectivity index (χ0) is 14.2. The maximum absolute atomic E-state index is 4.51. The molecule has 1 aliphatic heterocycles. The van der Waals surface area contributed by atoms with Crippen LogP contribution in [-0.2, 0) is 0 Å². The molecule has 2 aromatic rings. The van der Waals surface area contributed by atoms with Crippen LogP contribution in [0.5, 0.6) is 0 Å². The molecule has 1 aliphatic carbocycles. The Hall–Kier alpha value is -1.61. The first-order valence-electron chi connectivity index (χ1n) is 8.20. The summed E-state index contributed by atoms with van der Waals surface area (Å²) in [6, 6.07) is 12.0. The number of pyridine rings is 1. The highest BCUT2D eigenvalue weighted by molar-refractivity contribution is 5.91. The van der Waals surface area contributed by atoms with E-state index in [4.69, 9.17) is 0 Å². The Morgan fingerprint density at radius 3 is 2.95 bits per heavy atom. The molecule has 3 nitrogen and oxygen atoms in total. The fraction of sp³-hybridized carbons (Fsp3) is 0.500. The van der Waals surface area contributed by atoms with Crippen LogP contribution in [0.25, 0.3) is 10.9 Å². The molecule has 1 saturated carbocycles. The smallest absolute Gasteiger partial charge is 0.0722 e. The Labute approximate surface area is 126 Å². The number of nitrogens with zero attached hydrogens (tertiary/aromatic N) is 2. The molecule has 2 atom stereocenters. The summed E-state index contributed by atoms with van der Waals surface area (Å²) in [5, 5.41) is 5.06. The van der Waals surface area contributed by atoms with Crippen molar-refractivity contribution in [3.63, 3.8) is 0 Å². The van der Waals surface area contributed by atoms with Gasteiger partial charge in [-0.15, -0.1) is 0 Å². The van der Waals surface area contributed by atoms with Gasteiger partial charge < -0.3 is 10.2 Å². The molecule has 1 aromatic carbocycles. The van der Waals surface area contributed by atoms with Gasteiger partial charge in [-0.3, -0.25) is 4.98 Å². The summed E-state index contributed by atoms with van der Waals surface area (Å²) in [5.41, 5.74) is 2.46. The number of fused-ring (bicyclic) bond motifs is 1. The Morgan fingerprint density at radius 1 is 1.24 bits per heavy atom. The maximum atomic E-state index is 4.51. The molecule has 2 aliphatic rings. The SMILES string of the molecule is CCC1CNC(C2CC2)CN1c1cccc2ncccc12. The fourth-order valence-corrected chi connectivity index (χ4v) is 3.63. The third-order valence-corrected chi connectivity index (χ3v) is 5.04. The van der Waals surface area contributed by atoms with Crippen LogP contribution in [0.3, 0.4) is 0 Å². The molecule has 0 bridgehead atoms. The minimum atomic E-state index is 0.589. The number of hydrogen-bond acceptors (Lipinski definition) is 3. The fourth-order valence-electron chi connectivity index (χ4n) is 3.63. The molecule has 110 valence electrons. The normalized spacial score (nSPS) is 26.2. The van der Waals surface area contributed by atoms with Gasteiger partial charge in [0.15, 0.2) is 0 Å². The summed E-state index contributed by atoms with van der Waals surface area (Å²) in [4.78, 5) is 7.14. The second-order valence-electron chi connectivity index (χ2n) is 6.41. The molecule has 1 N–H and O–H groups in total. The number of benzene rings is 1. The quantitative estimate of drug-likeness (QED) is 0.936. The Morgan fingerprint density at radius 2 is 2.14 bits per heavy atom. The van der Waals surface area contributed by atoms with Crippen molar-refractivity contribution in [2.75, 3.05) is 18.0 Å². The highest BCUT2D eigenvalue weighted by atomic mass is 15.2. The summed E-state index contributed by atoms with van der Waals surface area (Å²) in [7, 11) is 0. The lowest BCUT2D eigenvalue weighted by Crippen LogP contribution is -2.57. The van der Waals surface area contributed by atoms with Crippen LogP contribution in [0.2, 0.25) is 0 Å². The van der Waals surface area contributed by atoms with E-state index < -0.39 is 0 Å². The summed E-state index contributed by atoms with van der Waals surface area (Å²) in [6.45, 7) is 4.53. The highest BCUT2D eigenvalue weighted by Crippen LogP contribution is 2.36. The van der Waals surface area contributed by atoms with E-state index >= 15 is 0 Å². The Bertz CT molecular complexity index is 630. The average Bonchev–Trinajstić information content (AvgIpc) is 3.39. The predicted octanol–water partition coefficient (Wildman–Crippen LogP) is 3.20. The number of rotatable bonds is 3. The third-order valence-electron chi connectivity index (χ3n) is 5.04. The number of nitrogens with one attached hydrogen (secondary N) is 1. The van der Waals surface area contributed by atoms with Gasteiger partial charge in [-0.1, -0.05) is 13.0 Å². The largest absolute Gasteiger partial charge is 0.365 e. The van der Waals surface area contributed by atoms with E-state index in [1.165, 1.54) is 30.3 Å². The van der Waals surface area contributed by atoms with Gasteiger partial charge in [-0.2, -0.15) is 0 Å². The summed E-state index contributed by atoms with van der Waals surface area (Å²) in [5.74, 6) is 0.901. The molecule has 4 rings (SSSR count). The second kappa shape index (κ2) is 5.30. The zero-order valence-corrected chi connectivity index (χ0v) is 12.6. The first-order chi connectivity index (χ1) is 10.4. The van der Waals surface area contributed by atoms with Crippen LogP contribution in [0, 0.1) is 5.92 Å². The maximum Gasteiger partial charge on any atom is 0.0722 e. The first kappa shape index (κ1) is 13.1. The minimum Gasteiger partial charge on any atom is -0.365 e. The first-order valence-corrected chi connectivity index (χ1v) is 8.20. The molecule has 1 saturated heterocycles. The summed E-state index contributed by atoms with van der Waals surface area (Å²) in [6.07, 6.45) is 5.87. The van der Waals surface area contributed by atoms with Gasteiger partial charge in [0, 0.05) is 42.4 Å². The van der Waals surface area contributed by atoms with Gasteiger partial charge in [0.05, 0.1) is 5.52 Å². The van der Waals surface area contributed by atoms with Crippen LogP contribution in [0.1, 0.15) is 26.2 Å². The van der Waals surface area contributed by atoms with Gasteiger partial charge >= 0.3 is 0 Å². The van der Waals surface area contributed by atoms with Gasteiger partial charge in [0.2, 0.25) is 0 Å². The lowest BCUT2D eigenvalue weighted by Gasteiger charge is -2.42. The van der Waals surface area contributed by atoms with Crippen molar-refractivity contribution in [2.24, 2.45) is 5.92 Å². The van der Waals surface area contributed by atoms with Crippen molar-refractivity contribution in [1.29, 1.82) is 0 Å². The number of piperazine rings is 1. The van der Waals surface area contributed by atoms with Crippen LogP contribution in [-0.4, -0.2) is 30.2 Å². The molecule has 0 amide bonds. The van der Waals surface area contributed by atoms with Gasteiger partial charge in [-0.25, -0.2) is 0 Å². The topological polar surface area (TPSA) is 28.2 Å². The van der Waals surface area contributed by atoms with Crippen molar-refractivity contribution in [2.45, 2.75) is 38.3 Å². The van der Waals surface area contributed by atoms with E-state index in [0.29, 0.717) is 12.1 Å². The molecule has 3 heteroatoms. The van der Waals surface area contributed by atoms with E-state index in [0.717, 1.165) is 24.5 Å². The molecule has 1 aromatic heterocycles. The Kier molecular flexibility index (Phi) is 3.30. The zero-order valence-electron chi connectivity index (χ0n) is 12.6. The number of aromatic nitrogens is 1. The molecule has 2 unspecified atom stereocenters. The van der Waals surface area contributed by atoms with Crippen LogP contribution in [0.15, 0.2) is 36.5 Å². The minimum absolute atomic E-state index is 0.589. The third kappa shape index (κ3) is 2.40. The summed E-state index contributed by atoms with van der Waals surface area (Å²) < 4.78 is 0. The Balaban J connectivity index is 1.73. The predicted molar refractivity (Wildman–Crippen MR) is 87.7 cm³/mol. The van der Waals surface area contributed by atoms with Crippen LogP contribution < -0.4 is 10.2 Å². The van der Waals surface area contributed by atoms with E-state index in [9.17, 15) is 0 Å². The summed E-state index contributed by atoms with van der Waals surface area (Å²) >= 11 is 0. The lowest BCUT2D eigenvalue weighted by molar-refractivity contribution is 0.360. The molecular formula is C18H23N3. The van der Waals surface area contributed by atoms with E-state index in [1.54, 1.807) is 0 Å². The van der Waals surface area contributed by atoms with Crippen LogP contribution >= 0.6 is 0 Å². The highest BCUT2D eigenvalue weighted by Gasteiger charge is 2.37. The van der Waals surface area contributed by atoms with Gasteiger partial charge in [0.25, 0.3) is 0 Å². The molecule has 2 heterocycles. The van der Waals surface area contributed by atoms with E-state index in [-0.39, 0.29) is 0 Å². The monoisotopic (exact) mass is 281 g/mol. The molecular weight excluding hydrogens is 258 g/mol.